The summed E-state index contributed by atoms with van der Waals surface area (Å²) in [5, 5.41) is 4.18. The molecule has 0 saturated heterocycles. The first-order valence-corrected chi connectivity index (χ1v) is 5.72. The second kappa shape index (κ2) is 4.58. The summed E-state index contributed by atoms with van der Waals surface area (Å²) < 4.78 is 1.98. The summed E-state index contributed by atoms with van der Waals surface area (Å²) in [5.74, 6) is 1.74. The fraction of sp³-hybridized carbons (Fsp3) is 0.818. The van der Waals surface area contributed by atoms with Crippen molar-refractivity contribution < 1.29 is 0 Å². The molecule has 1 fully saturated rings. The van der Waals surface area contributed by atoms with Crippen LogP contribution in [-0.2, 0) is 6.54 Å². The highest BCUT2D eigenvalue weighted by atomic mass is 15.3. The third-order valence-electron chi connectivity index (χ3n) is 3.48. The average Bonchev–Trinajstić information content (AvgIpc) is 2.71. The molecule has 0 spiro atoms. The monoisotopic (exact) mass is 193 g/mol. The SMILES string of the molecule is CCC1CCCCC1Cn1cncn1. The van der Waals surface area contributed by atoms with Crippen LogP contribution in [0.2, 0.25) is 0 Å². The van der Waals surface area contributed by atoms with Gasteiger partial charge in [-0.15, -0.1) is 0 Å². The molecular formula is C11H19N3. The lowest BCUT2D eigenvalue weighted by Crippen LogP contribution is -2.23. The van der Waals surface area contributed by atoms with E-state index >= 15 is 0 Å². The smallest absolute Gasteiger partial charge is 0.137 e. The van der Waals surface area contributed by atoms with Crippen LogP contribution in [-0.4, -0.2) is 14.8 Å². The largest absolute Gasteiger partial charge is 0.253 e. The molecule has 2 atom stereocenters. The standard InChI is InChI=1S/C11H19N3/c1-2-10-5-3-4-6-11(10)7-14-9-12-8-13-14/h8-11H,2-7H2,1H3. The van der Waals surface area contributed by atoms with Crippen molar-refractivity contribution in [2.75, 3.05) is 0 Å². The van der Waals surface area contributed by atoms with Gasteiger partial charge in [0.15, 0.2) is 0 Å². The second-order valence-electron chi connectivity index (χ2n) is 4.33. The normalized spacial score (nSPS) is 27.8. The van der Waals surface area contributed by atoms with E-state index in [0.29, 0.717) is 0 Å². The summed E-state index contributed by atoms with van der Waals surface area (Å²) >= 11 is 0. The molecular weight excluding hydrogens is 174 g/mol. The molecule has 2 rings (SSSR count). The van der Waals surface area contributed by atoms with Crippen LogP contribution in [0.4, 0.5) is 0 Å². The van der Waals surface area contributed by atoms with Gasteiger partial charge in [-0.1, -0.05) is 32.6 Å². The van der Waals surface area contributed by atoms with Crippen molar-refractivity contribution in [2.45, 2.75) is 45.6 Å². The highest BCUT2D eigenvalue weighted by Gasteiger charge is 2.23. The van der Waals surface area contributed by atoms with E-state index in [1.807, 2.05) is 11.0 Å². The van der Waals surface area contributed by atoms with Crippen LogP contribution in [0.1, 0.15) is 39.0 Å². The first kappa shape index (κ1) is 9.69. The Balaban J connectivity index is 1.94. The summed E-state index contributed by atoms with van der Waals surface area (Å²) in [6.07, 6.45) is 10.4. The van der Waals surface area contributed by atoms with Crippen LogP contribution >= 0.6 is 0 Å². The number of hydrogen-bond donors (Lipinski definition) is 0. The molecule has 0 aromatic carbocycles. The van der Waals surface area contributed by atoms with Gasteiger partial charge in [0.1, 0.15) is 12.7 Å². The Bertz CT molecular complexity index is 256. The fourth-order valence-electron chi connectivity index (χ4n) is 2.63. The summed E-state index contributed by atoms with van der Waals surface area (Å²) in [4.78, 5) is 3.99. The fourth-order valence-corrected chi connectivity index (χ4v) is 2.63. The van der Waals surface area contributed by atoms with Crippen LogP contribution in [0.5, 0.6) is 0 Å². The zero-order valence-electron chi connectivity index (χ0n) is 8.89. The Labute approximate surface area is 85.5 Å². The Kier molecular flexibility index (Phi) is 3.17. The zero-order valence-corrected chi connectivity index (χ0v) is 8.89. The van der Waals surface area contributed by atoms with Gasteiger partial charge < -0.3 is 0 Å². The minimum atomic E-state index is 0.829. The lowest BCUT2D eigenvalue weighted by atomic mass is 9.78. The van der Waals surface area contributed by atoms with E-state index in [1.165, 1.54) is 32.1 Å². The predicted octanol–water partition coefficient (Wildman–Crippen LogP) is 2.49. The maximum Gasteiger partial charge on any atom is 0.137 e. The van der Waals surface area contributed by atoms with Crippen molar-refractivity contribution in [1.82, 2.24) is 14.8 Å². The van der Waals surface area contributed by atoms with Gasteiger partial charge in [-0.05, 0) is 18.3 Å². The number of rotatable bonds is 3. The molecule has 0 N–H and O–H groups in total. The van der Waals surface area contributed by atoms with Crippen molar-refractivity contribution in [3.63, 3.8) is 0 Å². The van der Waals surface area contributed by atoms with E-state index in [1.54, 1.807) is 6.33 Å². The second-order valence-corrected chi connectivity index (χ2v) is 4.33. The number of hydrogen-bond acceptors (Lipinski definition) is 2. The van der Waals surface area contributed by atoms with Gasteiger partial charge in [0.25, 0.3) is 0 Å². The van der Waals surface area contributed by atoms with Gasteiger partial charge in [-0.2, -0.15) is 5.10 Å². The molecule has 2 unspecified atom stereocenters. The first-order valence-electron chi connectivity index (χ1n) is 5.72. The molecule has 78 valence electrons. The van der Waals surface area contributed by atoms with Crippen molar-refractivity contribution in [3.8, 4) is 0 Å². The molecule has 1 aliphatic carbocycles. The number of aromatic nitrogens is 3. The van der Waals surface area contributed by atoms with Gasteiger partial charge in [0, 0.05) is 6.54 Å². The number of nitrogens with zero attached hydrogens (tertiary/aromatic N) is 3. The molecule has 1 aliphatic rings. The molecule has 3 heteroatoms. The van der Waals surface area contributed by atoms with Gasteiger partial charge in [-0.25, -0.2) is 4.98 Å². The summed E-state index contributed by atoms with van der Waals surface area (Å²) in [5.41, 5.74) is 0. The molecule has 0 radical (unpaired) electrons. The lowest BCUT2D eigenvalue weighted by molar-refractivity contribution is 0.200. The highest BCUT2D eigenvalue weighted by molar-refractivity contribution is 4.75. The van der Waals surface area contributed by atoms with Crippen LogP contribution in [0, 0.1) is 11.8 Å². The Morgan fingerprint density at radius 2 is 2.07 bits per heavy atom. The van der Waals surface area contributed by atoms with Crippen LogP contribution in [0.25, 0.3) is 0 Å². The zero-order chi connectivity index (χ0) is 9.80. The van der Waals surface area contributed by atoms with Gasteiger partial charge in [0.05, 0.1) is 0 Å². The summed E-state index contributed by atoms with van der Waals surface area (Å²) in [6, 6.07) is 0. The van der Waals surface area contributed by atoms with Crippen molar-refractivity contribution in [3.05, 3.63) is 12.7 Å². The average molecular weight is 193 g/mol. The highest BCUT2D eigenvalue weighted by Crippen LogP contribution is 2.32. The van der Waals surface area contributed by atoms with E-state index < -0.39 is 0 Å². The summed E-state index contributed by atoms with van der Waals surface area (Å²) in [7, 11) is 0. The molecule has 0 amide bonds. The van der Waals surface area contributed by atoms with Crippen LogP contribution < -0.4 is 0 Å². The molecule has 1 saturated carbocycles. The van der Waals surface area contributed by atoms with Crippen LogP contribution in [0.3, 0.4) is 0 Å². The summed E-state index contributed by atoms with van der Waals surface area (Å²) in [6.45, 7) is 3.38. The minimum Gasteiger partial charge on any atom is -0.253 e. The molecule has 0 bridgehead atoms. The lowest BCUT2D eigenvalue weighted by Gasteiger charge is -2.30. The molecule has 1 heterocycles. The van der Waals surface area contributed by atoms with E-state index in [-0.39, 0.29) is 0 Å². The molecule has 14 heavy (non-hydrogen) atoms. The van der Waals surface area contributed by atoms with E-state index in [4.69, 9.17) is 0 Å². The Morgan fingerprint density at radius 3 is 2.71 bits per heavy atom. The Morgan fingerprint density at radius 1 is 1.29 bits per heavy atom. The van der Waals surface area contributed by atoms with Crippen molar-refractivity contribution in [2.24, 2.45) is 11.8 Å². The molecule has 1 aromatic heterocycles. The van der Waals surface area contributed by atoms with Gasteiger partial charge in [-0.3, -0.25) is 4.68 Å². The van der Waals surface area contributed by atoms with Crippen LogP contribution in [0.15, 0.2) is 12.7 Å². The maximum absolute atomic E-state index is 4.18. The van der Waals surface area contributed by atoms with Crippen molar-refractivity contribution in [1.29, 1.82) is 0 Å². The van der Waals surface area contributed by atoms with Gasteiger partial charge >= 0.3 is 0 Å². The third-order valence-corrected chi connectivity index (χ3v) is 3.48. The first-order chi connectivity index (χ1) is 6.90. The van der Waals surface area contributed by atoms with E-state index in [2.05, 4.69) is 17.0 Å². The Hall–Kier alpha value is -0.860. The van der Waals surface area contributed by atoms with E-state index in [0.717, 1.165) is 18.4 Å². The van der Waals surface area contributed by atoms with Crippen molar-refractivity contribution >= 4 is 0 Å². The predicted molar refractivity (Wildman–Crippen MR) is 55.8 cm³/mol. The molecule has 3 nitrogen and oxygen atoms in total. The minimum absolute atomic E-state index is 0.829. The van der Waals surface area contributed by atoms with E-state index in [9.17, 15) is 0 Å². The maximum atomic E-state index is 4.18. The topological polar surface area (TPSA) is 30.7 Å². The third kappa shape index (κ3) is 2.14. The molecule has 0 aliphatic heterocycles. The van der Waals surface area contributed by atoms with Gasteiger partial charge in [0.2, 0.25) is 0 Å². The quantitative estimate of drug-likeness (QED) is 0.738. The molecule has 1 aromatic rings.